The number of nitrogens with one attached hydrogen (secondary N) is 1. The minimum atomic E-state index is -0.273. The zero-order valence-electron chi connectivity index (χ0n) is 12.3. The summed E-state index contributed by atoms with van der Waals surface area (Å²) in [5.41, 5.74) is 0.783. The lowest BCUT2D eigenvalue weighted by atomic mass is 9.88. The lowest BCUT2D eigenvalue weighted by molar-refractivity contribution is -0.139. The molecule has 1 amide bonds. The Bertz CT molecular complexity index is 530. The number of ether oxygens (including phenoxy) is 2. The van der Waals surface area contributed by atoms with Crippen molar-refractivity contribution in [2.45, 2.75) is 19.9 Å². The van der Waals surface area contributed by atoms with E-state index in [1.165, 1.54) is 0 Å². The largest absolute Gasteiger partial charge is 0.454 e. The van der Waals surface area contributed by atoms with Gasteiger partial charge in [-0.15, -0.1) is 12.4 Å². The van der Waals surface area contributed by atoms with Gasteiger partial charge in [0.05, 0.1) is 5.41 Å². The van der Waals surface area contributed by atoms with Crippen LogP contribution in [0.25, 0.3) is 0 Å². The summed E-state index contributed by atoms with van der Waals surface area (Å²) in [5, 5.41) is 3.26. The molecule has 6 heteroatoms. The predicted molar refractivity (Wildman–Crippen MR) is 81.9 cm³/mol. The van der Waals surface area contributed by atoms with Crippen LogP contribution >= 0.6 is 12.4 Å². The number of nitrogens with zero attached hydrogens (tertiary/aromatic N) is 1. The van der Waals surface area contributed by atoms with Crippen LogP contribution in [0.3, 0.4) is 0 Å². The van der Waals surface area contributed by atoms with Crippen molar-refractivity contribution in [3.63, 3.8) is 0 Å². The van der Waals surface area contributed by atoms with Crippen LogP contribution in [0.4, 0.5) is 0 Å². The van der Waals surface area contributed by atoms with Crippen molar-refractivity contribution in [3.8, 4) is 11.5 Å². The number of benzene rings is 1. The first-order chi connectivity index (χ1) is 9.58. The molecule has 0 aliphatic carbocycles. The Hall–Kier alpha value is -1.46. The van der Waals surface area contributed by atoms with E-state index in [4.69, 9.17) is 9.47 Å². The molecule has 0 aromatic heterocycles. The quantitative estimate of drug-likeness (QED) is 0.924. The highest BCUT2D eigenvalue weighted by Crippen LogP contribution is 2.33. The van der Waals surface area contributed by atoms with Crippen LogP contribution in [0.5, 0.6) is 11.5 Å². The van der Waals surface area contributed by atoms with E-state index in [9.17, 15) is 4.79 Å². The number of carbonyl (C=O) groups is 1. The summed E-state index contributed by atoms with van der Waals surface area (Å²) in [6.45, 7) is 4.57. The summed E-state index contributed by atoms with van der Waals surface area (Å²) < 4.78 is 10.7. The summed E-state index contributed by atoms with van der Waals surface area (Å²) in [6, 6.07) is 5.82. The maximum absolute atomic E-state index is 12.5. The summed E-state index contributed by atoms with van der Waals surface area (Å²) >= 11 is 0. The summed E-state index contributed by atoms with van der Waals surface area (Å²) in [7, 11) is 1.86. The number of rotatable bonds is 3. The highest BCUT2D eigenvalue weighted by molar-refractivity contribution is 5.85. The van der Waals surface area contributed by atoms with E-state index in [0.717, 1.165) is 36.6 Å². The maximum Gasteiger partial charge on any atom is 0.231 e. The van der Waals surface area contributed by atoms with E-state index < -0.39 is 0 Å². The Morgan fingerprint density at radius 3 is 2.86 bits per heavy atom. The van der Waals surface area contributed by atoms with Gasteiger partial charge in [0.25, 0.3) is 0 Å². The Labute approximate surface area is 131 Å². The second kappa shape index (κ2) is 6.12. The molecule has 21 heavy (non-hydrogen) atoms. The molecule has 1 fully saturated rings. The van der Waals surface area contributed by atoms with Crippen molar-refractivity contribution < 1.29 is 14.3 Å². The van der Waals surface area contributed by atoms with E-state index in [-0.39, 0.29) is 30.5 Å². The summed E-state index contributed by atoms with van der Waals surface area (Å²) in [4.78, 5) is 14.3. The van der Waals surface area contributed by atoms with Crippen molar-refractivity contribution >= 4 is 18.3 Å². The molecule has 2 aliphatic rings. The number of carbonyl (C=O) groups excluding carboxylic acids is 1. The van der Waals surface area contributed by atoms with Gasteiger partial charge >= 0.3 is 0 Å². The number of hydrogen-bond acceptors (Lipinski definition) is 4. The molecule has 0 spiro atoms. The van der Waals surface area contributed by atoms with Gasteiger partial charge in [-0.05, 0) is 37.6 Å². The average molecular weight is 313 g/mol. The van der Waals surface area contributed by atoms with Crippen LogP contribution in [0.2, 0.25) is 0 Å². The van der Waals surface area contributed by atoms with Crippen LogP contribution in [-0.2, 0) is 11.3 Å². The maximum atomic E-state index is 12.5. The molecule has 2 aliphatic heterocycles. The third-order valence-corrected chi connectivity index (χ3v) is 4.09. The Kier molecular flexibility index (Phi) is 4.64. The Morgan fingerprint density at radius 2 is 2.14 bits per heavy atom. The van der Waals surface area contributed by atoms with E-state index in [2.05, 4.69) is 5.32 Å². The molecule has 1 N–H and O–H groups in total. The minimum Gasteiger partial charge on any atom is -0.454 e. The number of amides is 1. The minimum absolute atomic E-state index is 0. The van der Waals surface area contributed by atoms with Gasteiger partial charge in [-0.25, -0.2) is 0 Å². The monoisotopic (exact) mass is 312 g/mol. The molecule has 1 saturated heterocycles. The van der Waals surface area contributed by atoms with Crippen LogP contribution in [0, 0.1) is 5.41 Å². The Balaban J connectivity index is 0.00000161. The highest BCUT2D eigenvalue weighted by Gasteiger charge is 2.38. The fourth-order valence-corrected chi connectivity index (χ4v) is 2.85. The molecule has 1 aromatic carbocycles. The molecule has 0 radical (unpaired) electrons. The standard InChI is InChI=1S/C15H20N2O3.ClH/c1-15(5-6-16-9-15)14(18)17(2)8-11-3-4-12-13(7-11)20-10-19-12;/h3-4,7,16H,5-6,8-10H2,1-2H3;1H. The van der Waals surface area contributed by atoms with Crippen molar-refractivity contribution in [2.24, 2.45) is 5.41 Å². The molecule has 1 aromatic rings. The van der Waals surface area contributed by atoms with Gasteiger partial charge < -0.3 is 19.7 Å². The normalized spacial score (nSPS) is 22.8. The number of halogens is 1. The third kappa shape index (κ3) is 3.09. The SMILES string of the molecule is CN(Cc1ccc2c(c1)OCO2)C(=O)C1(C)CCNC1.Cl. The predicted octanol–water partition coefficient (Wildman–Crippen LogP) is 1.80. The van der Waals surface area contributed by atoms with Crippen LogP contribution in [-0.4, -0.2) is 37.7 Å². The van der Waals surface area contributed by atoms with Gasteiger partial charge in [0.1, 0.15) is 0 Å². The van der Waals surface area contributed by atoms with Crippen molar-refractivity contribution in [2.75, 3.05) is 26.9 Å². The molecule has 3 rings (SSSR count). The van der Waals surface area contributed by atoms with Crippen LogP contribution in [0.15, 0.2) is 18.2 Å². The van der Waals surface area contributed by atoms with Crippen molar-refractivity contribution in [1.82, 2.24) is 10.2 Å². The smallest absolute Gasteiger partial charge is 0.231 e. The third-order valence-electron chi connectivity index (χ3n) is 4.09. The van der Waals surface area contributed by atoms with E-state index in [1.54, 1.807) is 4.90 Å². The first-order valence-corrected chi connectivity index (χ1v) is 6.93. The van der Waals surface area contributed by atoms with Crippen molar-refractivity contribution in [1.29, 1.82) is 0 Å². The van der Waals surface area contributed by atoms with Crippen LogP contribution in [0.1, 0.15) is 18.9 Å². The zero-order valence-corrected chi connectivity index (χ0v) is 13.2. The highest BCUT2D eigenvalue weighted by atomic mass is 35.5. The van der Waals surface area contributed by atoms with Gasteiger partial charge in [-0.1, -0.05) is 6.07 Å². The van der Waals surface area contributed by atoms with E-state index >= 15 is 0 Å². The topological polar surface area (TPSA) is 50.8 Å². The number of hydrogen-bond donors (Lipinski definition) is 1. The second-order valence-corrected chi connectivity index (χ2v) is 5.84. The first-order valence-electron chi connectivity index (χ1n) is 6.93. The zero-order chi connectivity index (χ0) is 14.2. The average Bonchev–Trinajstić information content (AvgIpc) is 3.06. The molecule has 116 valence electrons. The first kappa shape index (κ1) is 15.9. The molecule has 2 heterocycles. The molecular weight excluding hydrogens is 292 g/mol. The molecular formula is C15H21ClN2O3. The molecule has 0 saturated carbocycles. The lowest BCUT2D eigenvalue weighted by Gasteiger charge is -2.28. The van der Waals surface area contributed by atoms with E-state index in [0.29, 0.717) is 6.54 Å². The lowest BCUT2D eigenvalue weighted by Crippen LogP contribution is -2.41. The fourth-order valence-electron chi connectivity index (χ4n) is 2.85. The number of fused-ring (bicyclic) bond motifs is 1. The summed E-state index contributed by atoms with van der Waals surface area (Å²) in [5.74, 6) is 1.73. The molecule has 5 nitrogen and oxygen atoms in total. The van der Waals surface area contributed by atoms with E-state index in [1.807, 2.05) is 32.2 Å². The molecule has 1 unspecified atom stereocenters. The fraction of sp³-hybridized carbons (Fsp3) is 0.533. The molecule has 0 bridgehead atoms. The Morgan fingerprint density at radius 1 is 1.38 bits per heavy atom. The van der Waals surface area contributed by atoms with Gasteiger partial charge in [0.2, 0.25) is 12.7 Å². The van der Waals surface area contributed by atoms with Gasteiger partial charge in [0, 0.05) is 20.1 Å². The molecule has 1 atom stereocenters. The van der Waals surface area contributed by atoms with Gasteiger partial charge in [-0.3, -0.25) is 4.79 Å². The van der Waals surface area contributed by atoms with Crippen LogP contribution < -0.4 is 14.8 Å². The van der Waals surface area contributed by atoms with Gasteiger partial charge in [-0.2, -0.15) is 0 Å². The van der Waals surface area contributed by atoms with Gasteiger partial charge in [0.15, 0.2) is 11.5 Å². The van der Waals surface area contributed by atoms with Crippen molar-refractivity contribution in [3.05, 3.63) is 23.8 Å². The second-order valence-electron chi connectivity index (χ2n) is 5.84. The summed E-state index contributed by atoms with van der Waals surface area (Å²) in [6.07, 6.45) is 0.900.